The SMILES string of the molecule is N#C/C(=C\c1cn(CCOc2ccc(F)cc2)c2ccccc12)C(=O)NCc1ccc2c(c1)OCO2. The van der Waals surface area contributed by atoms with Gasteiger partial charge in [0, 0.05) is 29.2 Å². The number of carbonyl (C=O) groups is 1. The molecule has 0 bridgehead atoms. The molecule has 0 atom stereocenters. The van der Waals surface area contributed by atoms with E-state index in [0.717, 1.165) is 22.0 Å². The predicted octanol–water partition coefficient (Wildman–Crippen LogP) is 4.81. The molecule has 0 unspecified atom stereocenters. The number of aromatic nitrogens is 1. The first-order chi connectivity index (χ1) is 17.6. The number of amides is 1. The average molecular weight is 483 g/mol. The van der Waals surface area contributed by atoms with Gasteiger partial charge in [-0.3, -0.25) is 4.79 Å². The maximum Gasteiger partial charge on any atom is 0.262 e. The topological polar surface area (TPSA) is 85.5 Å². The zero-order valence-corrected chi connectivity index (χ0v) is 19.2. The highest BCUT2D eigenvalue weighted by atomic mass is 19.1. The molecule has 4 aromatic rings. The van der Waals surface area contributed by atoms with E-state index in [1.807, 2.05) is 47.2 Å². The molecule has 8 heteroatoms. The van der Waals surface area contributed by atoms with Crippen molar-refractivity contribution < 1.29 is 23.4 Å². The molecule has 0 spiro atoms. The summed E-state index contributed by atoms with van der Waals surface area (Å²) >= 11 is 0. The van der Waals surface area contributed by atoms with Gasteiger partial charge in [0.2, 0.25) is 6.79 Å². The number of fused-ring (bicyclic) bond motifs is 2. The van der Waals surface area contributed by atoms with Gasteiger partial charge in [-0.15, -0.1) is 0 Å². The number of para-hydroxylation sites is 1. The van der Waals surface area contributed by atoms with Gasteiger partial charge >= 0.3 is 0 Å². The second-order valence-electron chi connectivity index (χ2n) is 8.14. The monoisotopic (exact) mass is 483 g/mol. The summed E-state index contributed by atoms with van der Waals surface area (Å²) in [7, 11) is 0. The van der Waals surface area contributed by atoms with Crippen molar-refractivity contribution in [2.45, 2.75) is 13.1 Å². The second kappa shape index (κ2) is 10.2. The highest BCUT2D eigenvalue weighted by Gasteiger charge is 2.15. The molecule has 1 aliphatic heterocycles. The Bertz CT molecular complexity index is 1490. The van der Waals surface area contributed by atoms with Crippen molar-refractivity contribution in [3.63, 3.8) is 0 Å². The summed E-state index contributed by atoms with van der Waals surface area (Å²) in [5, 5.41) is 13.4. The smallest absolute Gasteiger partial charge is 0.262 e. The normalized spacial score (nSPS) is 12.4. The Morgan fingerprint density at radius 2 is 1.92 bits per heavy atom. The average Bonchev–Trinajstić information content (AvgIpc) is 3.51. The summed E-state index contributed by atoms with van der Waals surface area (Å²) in [6, 6.07) is 21.1. The van der Waals surface area contributed by atoms with Crippen LogP contribution in [0.15, 0.2) is 78.5 Å². The van der Waals surface area contributed by atoms with Crippen LogP contribution in [0.3, 0.4) is 0 Å². The van der Waals surface area contributed by atoms with Crippen LogP contribution < -0.4 is 19.5 Å². The molecule has 2 heterocycles. The van der Waals surface area contributed by atoms with Gasteiger partial charge in [0.1, 0.15) is 29.8 Å². The highest BCUT2D eigenvalue weighted by Crippen LogP contribution is 2.32. The molecule has 0 aliphatic carbocycles. The molecule has 1 aromatic heterocycles. The van der Waals surface area contributed by atoms with Crippen molar-refractivity contribution in [1.29, 1.82) is 5.26 Å². The number of hydrogen-bond donors (Lipinski definition) is 1. The van der Waals surface area contributed by atoms with E-state index in [0.29, 0.717) is 30.4 Å². The summed E-state index contributed by atoms with van der Waals surface area (Å²) in [5.74, 6) is 1.10. The van der Waals surface area contributed by atoms with Crippen LogP contribution in [0.1, 0.15) is 11.1 Å². The van der Waals surface area contributed by atoms with Crippen molar-refractivity contribution in [2.75, 3.05) is 13.4 Å². The number of carbonyl (C=O) groups excluding carboxylic acids is 1. The lowest BCUT2D eigenvalue weighted by molar-refractivity contribution is -0.117. The molecular weight excluding hydrogens is 461 g/mol. The number of rotatable bonds is 8. The van der Waals surface area contributed by atoms with E-state index < -0.39 is 5.91 Å². The van der Waals surface area contributed by atoms with E-state index >= 15 is 0 Å². The lowest BCUT2D eigenvalue weighted by atomic mass is 10.1. The molecule has 0 saturated heterocycles. The molecular formula is C28H22FN3O4. The maximum absolute atomic E-state index is 13.1. The number of nitrogens with zero attached hydrogens (tertiary/aromatic N) is 2. The number of halogens is 1. The number of nitrogens with one attached hydrogen (secondary N) is 1. The molecule has 0 fully saturated rings. The molecule has 5 rings (SSSR count). The Morgan fingerprint density at radius 3 is 2.75 bits per heavy atom. The van der Waals surface area contributed by atoms with Crippen LogP contribution in [0.5, 0.6) is 17.2 Å². The number of ether oxygens (including phenoxy) is 3. The lowest BCUT2D eigenvalue weighted by Gasteiger charge is -2.08. The third kappa shape index (κ3) is 5.00. The molecule has 3 aromatic carbocycles. The first kappa shape index (κ1) is 23.0. The van der Waals surface area contributed by atoms with Crippen molar-refractivity contribution in [2.24, 2.45) is 0 Å². The molecule has 0 saturated carbocycles. The Kier molecular flexibility index (Phi) is 6.54. The second-order valence-corrected chi connectivity index (χ2v) is 8.14. The fourth-order valence-electron chi connectivity index (χ4n) is 4.00. The van der Waals surface area contributed by atoms with Gasteiger partial charge in [-0.25, -0.2) is 4.39 Å². The first-order valence-corrected chi connectivity index (χ1v) is 11.4. The molecule has 0 radical (unpaired) electrons. The van der Waals surface area contributed by atoms with Crippen LogP contribution in [0.4, 0.5) is 4.39 Å². The molecule has 1 N–H and O–H groups in total. The minimum atomic E-state index is -0.466. The summed E-state index contributed by atoms with van der Waals surface area (Å²) in [6.45, 7) is 1.33. The van der Waals surface area contributed by atoms with Crippen LogP contribution in [0.2, 0.25) is 0 Å². The Labute approximate surface area is 206 Å². The standard InChI is InChI=1S/C28H22FN3O4/c29-22-6-8-23(9-7-22)34-12-11-32-17-21(24-3-1-2-4-25(24)32)14-20(15-30)28(33)31-16-19-5-10-26-27(13-19)36-18-35-26/h1-10,13-14,17H,11-12,16,18H2,(H,31,33)/b20-14+. The minimum Gasteiger partial charge on any atom is -0.492 e. The molecule has 7 nitrogen and oxygen atoms in total. The molecule has 1 amide bonds. The molecule has 1 aliphatic rings. The molecule has 36 heavy (non-hydrogen) atoms. The van der Waals surface area contributed by atoms with E-state index in [4.69, 9.17) is 14.2 Å². The van der Waals surface area contributed by atoms with Crippen molar-refractivity contribution in [3.05, 3.63) is 95.4 Å². The Balaban J connectivity index is 1.29. The summed E-state index contributed by atoms with van der Waals surface area (Å²) < 4.78 is 31.5. The predicted molar refractivity (Wildman–Crippen MR) is 132 cm³/mol. The third-order valence-electron chi connectivity index (χ3n) is 5.79. The summed E-state index contributed by atoms with van der Waals surface area (Å²) in [6.07, 6.45) is 3.48. The number of hydrogen-bond acceptors (Lipinski definition) is 5. The van der Waals surface area contributed by atoms with E-state index in [9.17, 15) is 14.4 Å². The molecule has 180 valence electrons. The van der Waals surface area contributed by atoms with E-state index in [-0.39, 0.29) is 24.7 Å². The van der Waals surface area contributed by atoms with Crippen LogP contribution in [0, 0.1) is 17.1 Å². The fourth-order valence-corrected chi connectivity index (χ4v) is 4.00. The highest BCUT2D eigenvalue weighted by molar-refractivity contribution is 6.04. The van der Waals surface area contributed by atoms with E-state index in [1.165, 1.54) is 12.1 Å². The van der Waals surface area contributed by atoms with Crippen LogP contribution in [0.25, 0.3) is 17.0 Å². The van der Waals surface area contributed by atoms with Gasteiger partial charge in [0.25, 0.3) is 5.91 Å². The van der Waals surface area contributed by atoms with Crippen LogP contribution in [-0.4, -0.2) is 23.9 Å². The zero-order valence-electron chi connectivity index (χ0n) is 19.2. The van der Waals surface area contributed by atoms with Gasteiger partial charge in [-0.05, 0) is 54.1 Å². The van der Waals surface area contributed by atoms with Gasteiger partial charge in [-0.1, -0.05) is 24.3 Å². The largest absolute Gasteiger partial charge is 0.492 e. The van der Waals surface area contributed by atoms with Gasteiger partial charge in [0.05, 0.1) is 6.54 Å². The van der Waals surface area contributed by atoms with Gasteiger partial charge in [0.15, 0.2) is 11.5 Å². The first-order valence-electron chi connectivity index (χ1n) is 11.4. The third-order valence-corrected chi connectivity index (χ3v) is 5.79. The fraction of sp³-hybridized carbons (Fsp3) is 0.143. The lowest BCUT2D eigenvalue weighted by Crippen LogP contribution is -2.23. The van der Waals surface area contributed by atoms with Crippen molar-refractivity contribution in [3.8, 4) is 23.3 Å². The van der Waals surface area contributed by atoms with Gasteiger partial charge < -0.3 is 24.1 Å². The van der Waals surface area contributed by atoms with Crippen LogP contribution >= 0.6 is 0 Å². The minimum absolute atomic E-state index is 0.00112. The van der Waals surface area contributed by atoms with Crippen molar-refractivity contribution >= 4 is 22.9 Å². The quantitative estimate of drug-likeness (QED) is 0.287. The number of nitriles is 1. The van der Waals surface area contributed by atoms with Crippen molar-refractivity contribution in [1.82, 2.24) is 9.88 Å². The zero-order chi connectivity index (χ0) is 24.9. The van der Waals surface area contributed by atoms with E-state index in [1.54, 1.807) is 30.3 Å². The summed E-state index contributed by atoms with van der Waals surface area (Å²) in [5.41, 5.74) is 2.54. The Morgan fingerprint density at radius 1 is 1.11 bits per heavy atom. The van der Waals surface area contributed by atoms with E-state index in [2.05, 4.69) is 5.32 Å². The summed E-state index contributed by atoms with van der Waals surface area (Å²) in [4.78, 5) is 12.8. The van der Waals surface area contributed by atoms with Gasteiger partial charge in [-0.2, -0.15) is 5.26 Å². The maximum atomic E-state index is 13.1. The van der Waals surface area contributed by atoms with Crippen LogP contribution in [-0.2, 0) is 17.9 Å². The number of benzene rings is 3. The Hall–Kier alpha value is -4.77.